The lowest BCUT2D eigenvalue weighted by atomic mass is 9.89. The summed E-state index contributed by atoms with van der Waals surface area (Å²) in [6.07, 6.45) is 0.426. The molecule has 0 heterocycles. The fourth-order valence-electron chi connectivity index (χ4n) is 2.16. The molecule has 2 rings (SSSR count). The average molecular weight is 295 g/mol. The van der Waals surface area contributed by atoms with Crippen LogP contribution in [0.4, 0.5) is 0 Å². The van der Waals surface area contributed by atoms with Crippen molar-refractivity contribution in [2.24, 2.45) is 0 Å². The summed E-state index contributed by atoms with van der Waals surface area (Å²) in [4.78, 5) is 0. The van der Waals surface area contributed by atoms with Crippen LogP contribution < -0.4 is 0 Å². The van der Waals surface area contributed by atoms with Gasteiger partial charge in [-0.3, -0.25) is 0 Å². The predicted molar refractivity (Wildman–Crippen MR) is 80.9 cm³/mol. The van der Waals surface area contributed by atoms with E-state index in [1.54, 1.807) is 13.0 Å². The highest BCUT2D eigenvalue weighted by Crippen LogP contribution is 2.32. The summed E-state index contributed by atoms with van der Waals surface area (Å²) in [5, 5.41) is 11.9. The van der Waals surface area contributed by atoms with E-state index in [-0.39, 0.29) is 0 Å². The van der Waals surface area contributed by atoms with Gasteiger partial charge in [0.05, 0.1) is 5.60 Å². The monoisotopic (exact) mass is 294 g/mol. The molecule has 2 aromatic carbocycles. The van der Waals surface area contributed by atoms with E-state index < -0.39 is 5.60 Å². The first-order valence-corrected chi connectivity index (χ1v) is 6.88. The second-order valence-electron chi connectivity index (χ2n) is 5.03. The fraction of sp³-hybridized carbons (Fsp3) is 0.250. The summed E-state index contributed by atoms with van der Waals surface area (Å²) >= 11 is 12.4. The lowest BCUT2D eigenvalue weighted by Gasteiger charge is -2.25. The van der Waals surface area contributed by atoms with Crippen LogP contribution in [0.1, 0.15) is 23.6 Å². The van der Waals surface area contributed by atoms with Crippen molar-refractivity contribution in [3.8, 4) is 0 Å². The van der Waals surface area contributed by atoms with Crippen LogP contribution in [0.2, 0.25) is 10.0 Å². The highest BCUT2D eigenvalue weighted by atomic mass is 35.5. The Morgan fingerprint density at radius 2 is 1.74 bits per heavy atom. The van der Waals surface area contributed by atoms with E-state index in [0.29, 0.717) is 22.0 Å². The molecule has 0 saturated heterocycles. The number of aliphatic hydroxyl groups is 1. The third-order valence-electron chi connectivity index (χ3n) is 3.20. The Morgan fingerprint density at radius 3 is 2.37 bits per heavy atom. The zero-order valence-electron chi connectivity index (χ0n) is 11.0. The van der Waals surface area contributed by atoms with Crippen LogP contribution in [0.3, 0.4) is 0 Å². The Kier molecular flexibility index (Phi) is 4.19. The Hall–Kier alpha value is -1.02. The molecule has 1 atom stereocenters. The van der Waals surface area contributed by atoms with Crippen molar-refractivity contribution in [1.82, 2.24) is 0 Å². The summed E-state index contributed by atoms with van der Waals surface area (Å²) < 4.78 is 0. The van der Waals surface area contributed by atoms with E-state index in [0.717, 1.165) is 11.1 Å². The smallest absolute Gasteiger partial charge is 0.0923 e. The van der Waals surface area contributed by atoms with Gasteiger partial charge in [-0.05, 0) is 37.1 Å². The van der Waals surface area contributed by atoms with Crippen LogP contribution in [-0.4, -0.2) is 5.11 Å². The maximum atomic E-state index is 10.7. The number of rotatable bonds is 3. The molecule has 0 bridgehead atoms. The van der Waals surface area contributed by atoms with E-state index in [1.807, 2.05) is 43.3 Å². The molecule has 1 nitrogen and oxygen atoms in total. The quantitative estimate of drug-likeness (QED) is 0.866. The maximum Gasteiger partial charge on any atom is 0.0923 e. The average Bonchev–Trinajstić information content (AvgIpc) is 2.33. The second kappa shape index (κ2) is 5.54. The SMILES string of the molecule is Cc1ccc(CC(C)(O)c2ccccc2Cl)c(Cl)c1. The fourth-order valence-corrected chi connectivity index (χ4v) is 2.80. The van der Waals surface area contributed by atoms with Gasteiger partial charge in [-0.2, -0.15) is 0 Å². The third-order valence-corrected chi connectivity index (χ3v) is 3.88. The van der Waals surface area contributed by atoms with Gasteiger partial charge < -0.3 is 5.11 Å². The van der Waals surface area contributed by atoms with Gasteiger partial charge in [0.25, 0.3) is 0 Å². The van der Waals surface area contributed by atoms with Crippen molar-refractivity contribution in [1.29, 1.82) is 0 Å². The minimum absolute atomic E-state index is 0.426. The molecule has 0 saturated carbocycles. The Morgan fingerprint density at radius 1 is 1.05 bits per heavy atom. The van der Waals surface area contributed by atoms with Gasteiger partial charge in [0.15, 0.2) is 0 Å². The van der Waals surface area contributed by atoms with Crippen LogP contribution in [0, 0.1) is 6.92 Å². The molecule has 100 valence electrons. The van der Waals surface area contributed by atoms with E-state index >= 15 is 0 Å². The first kappa shape index (κ1) is 14.4. The summed E-state index contributed by atoms with van der Waals surface area (Å²) in [7, 11) is 0. The zero-order chi connectivity index (χ0) is 14.0. The van der Waals surface area contributed by atoms with Crippen molar-refractivity contribution in [3.63, 3.8) is 0 Å². The van der Waals surface area contributed by atoms with Crippen LogP contribution in [0.25, 0.3) is 0 Å². The number of benzene rings is 2. The largest absolute Gasteiger partial charge is 0.385 e. The van der Waals surface area contributed by atoms with Gasteiger partial charge in [0.2, 0.25) is 0 Å². The van der Waals surface area contributed by atoms with Crippen LogP contribution in [0.5, 0.6) is 0 Å². The Bertz CT molecular complexity index is 591. The topological polar surface area (TPSA) is 20.2 Å². The number of hydrogen-bond donors (Lipinski definition) is 1. The van der Waals surface area contributed by atoms with Crippen molar-refractivity contribution < 1.29 is 5.11 Å². The molecule has 2 aromatic rings. The minimum Gasteiger partial charge on any atom is -0.385 e. The van der Waals surface area contributed by atoms with Gasteiger partial charge in [-0.15, -0.1) is 0 Å². The molecule has 3 heteroatoms. The summed E-state index contributed by atoms with van der Waals surface area (Å²) in [5.41, 5.74) is 1.69. The lowest BCUT2D eigenvalue weighted by molar-refractivity contribution is 0.0577. The first-order valence-electron chi connectivity index (χ1n) is 6.12. The maximum absolute atomic E-state index is 10.7. The van der Waals surface area contributed by atoms with E-state index in [2.05, 4.69) is 0 Å². The summed E-state index contributed by atoms with van der Waals surface area (Å²) in [5.74, 6) is 0. The van der Waals surface area contributed by atoms with Gasteiger partial charge in [-0.25, -0.2) is 0 Å². The highest BCUT2D eigenvalue weighted by molar-refractivity contribution is 6.31. The molecule has 0 aromatic heterocycles. The molecule has 1 N–H and O–H groups in total. The molecule has 0 aliphatic rings. The molecule has 0 aliphatic carbocycles. The predicted octanol–water partition coefficient (Wildman–Crippen LogP) is 4.75. The zero-order valence-corrected chi connectivity index (χ0v) is 12.5. The van der Waals surface area contributed by atoms with E-state index in [1.165, 1.54) is 0 Å². The normalized spacial score (nSPS) is 14.2. The van der Waals surface area contributed by atoms with Crippen molar-refractivity contribution in [3.05, 3.63) is 69.2 Å². The number of halogens is 2. The molecular weight excluding hydrogens is 279 g/mol. The molecule has 1 unspecified atom stereocenters. The molecule has 0 spiro atoms. The standard InChI is InChI=1S/C16H16Cl2O/c1-11-7-8-12(15(18)9-11)10-16(2,19)13-5-3-4-6-14(13)17/h3-9,19H,10H2,1-2H3. The van der Waals surface area contributed by atoms with Crippen molar-refractivity contribution in [2.45, 2.75) is 25.9 Å². The van der Waals surface area contributed by atoms with Gasteiger partial charge in [0, 0.05) is 22.0 Å². The Labute approximate surface area is 123 Å². The molecule has 0 amide bonds. The molecule has 0 fully saturated rings. The van der Waals surface area contributed by atoms with Gasteiger partial charge in [-0.1, -0.05) is 53.5 Å². The highest BCUT2D eigenvalue weighted by Gasteiger charge is 2.26. The van der Waals surface area contributed by atoms with Crippen LogP contribution in [0.15, 0.2) is 42.5 Å². The van der Waals surface area contributed by atoms with E-state index in [9.17, 15) is 5.11 Å². The van der Waals surface area contributed by atoms with Crippen molar-refractivity contribution in [2.75, 3.05) is 0 Å². The summed E-state index contributed by atoms with van der Waals surface area (Å²) in [6, 6.07) is 13.2. The molecule has 19 heavy (non-hydrogen) atoms. The third kappa shape index (κ3) is 3.30. The first-order chi connectivity index (χ1) is 8.90. The molecule has 0 radical (unpaired) electrons. The van der Waals surface area contributed by atoms with Gasteiger partial charge >= 0.3 is 0 Å². The van der Waals surface area contributed by atoms with Gasteiger partial charge in [0.1, 0.15) is 0 Å². The second-order valence-corrected chi connectivity index (χ2v) is 5.84. The number of hydrogen-bond acceptors (Lipinski definition) is 1. The van der Waals surface area contributed by atoms with Crippen LogP contribution in [-0.2, 0) is 12.0 Å². The molecule has 0 aliphatic heterocycles. The lowest BCUT2D eigenvalue weighted by Crippen LogP contribution is -2.24. The Balaban J connectivity index is 2.33. The van der Waals surface area contributed by atoms with E-state index in [4.69, 9.17) is 23.2 Å². The minimum atomic E-state index is -1.04. The summed E-state index contributed by atoms with van der Waals surface area (Å²) in [6.45, 7) is 3.74. The van der Waals surface area contributed by atoms with Crippen molar-refractivity contribution >= 4 is 23.2 Å². The number of aryl methyl sites for hydroxylation is 1. The molecular formula is C16H16Cl2O. The van der Waals surface area contributed by atoms with Crippen LogP contribution >= 0.6 is 23.2 Å².